The molecule has 0 bridgehead atoms. The van der Waals surface area contributed by atoms with Crippen molar-refractivity contribution in [3.8, 4) is 11.5 Å². The first kappa shape index (κ1) is 17.9. The number of phenols is 1. The van der Waals surface area contributed by atoms with Gasteiger partial charge in [-0.25, -0.2) is 9.18 Å². The van der Waals surface area contributed by atoms with Crippen molar-refractivity contribution in [3.63, 3.8) is 0 Å². The Labute approximate surface area is 157 Å². The molecule has 1 aliphatic heterocycles. The molecule has 2 aromatic rings. The van der Waals surface area contributed by atoms with E-state index in [9.17, 15) is 19.1 Å². The van der Waals surface area contributed by atoms with Crippen molar-refractivity contribution in [2.45, 2.75) is 6.54 Å². The van der Waals surface area contributed by atoms with E-state index in [-0.39, 0.29) is 23.7 Å². The van der Waals surface area contributed by atoms with Gasteiger partial charge in [-0.1, -0.05) is 28.1 Å². The lowest BCUT2D eigenvalue weighted by atomic mass is 10.1. The van der Waals surface area contributed by atoms with Crippen LogP contribution in [-0.4, -0.2) is 29.1 Å². The number of carbonyl (C=O) groups is 2. The first-order chi connectivity index (χ1) is 12.4. The molecule has 1 saturated heterocycles. The summed E-state index contributed by atoms with van der Waals surface area (Å²) in [5, 5.41) is 12.3. The van der Waals surface area contributed by atoms with Crippen LogP contribution < -0.4 is 10.1 Å². The van der Waals surface area contributed by atoms with Crippen molar-refractivity contribution in [1.82, 2.24) is 10.2 Å². The molecule has 3 rings (SSSR count). The highest BCUT2D eigenvalue weighted by atomic mass is 79.9. The number of carbonyl (C=O) groups excluding carboxylic acids is 2. The van der Waals surface area contributed by atoms with Crippen molar-refractivity contribution in [1.29, 1.82) is 0 Å². The van der Waals surface area contributed by atoms with Crippen LogP contribution in [-0.2, 0) is 11.3 Å². The Bertz CT molecular complexity index is 912. The minimum Gasteiger partial charge on any atom is -0.504 e. The fourth-order valence-electron chi connectivity index (χ4n) is 2.48. The predicted octanol–water partition coefficient (Wildman–Crippen LogP) is 3.40. The van der Waals surface area contributed by atoms with Crippen LogP contribution in [0.4, 0.5) is 9.18 Å². The molecule has 134 valence electrons. The second kappa shape index (κ2) is 7.17. The van der Waals surface area contributed by atoms with Gasteiger partial charge in [-0.05, 0) is 41.5 Å². The van der Waals surface area contributed by atoms with Crippen LogP contribution in [0.25, 0.3) is 6.08 Å². The van der Waals surface area contributed by atoms with Crippen LogP contribution in [0, 0.1) is 5.82 Å². The van der Waals surface area contributed by atoms with Gasteiger partial charge in [0.05, 0.1) is 13.7 Å². The van der Waals surface area contributed by atoms with Crippen LogP contribution in [0.5, 0.6) is 11.5 Å². The number of nitrogens with one attached hydrogen (secondary N) is 1. The summed E-state index contributed by atoms with van der Waals surface area (Å²) in [5.41, 5.74) is 1.26. The van der Waals surface area contributed by atoms with Crippen molar-refractivity contribution in [2.75, 3.05) is 7.11 Å². The van der Waals surface area contributed by atoms with E-state index < -0.39 is 17.8 Å². The standard InChI is InChI=1S/C18H14BrFN2O4/c1-26-16-7-11(13(19)8-15(16)23)6-14-17(24)22(18(25)21-14)9-10-2-4-12(20)5-3-10/h2-8,23H,9H2,1H3,(H,21,25). The predicted molar refractivity (Wildman–Crippen MR) is 95.8 cm³/mol. The summed E-state index contributed by atoms with van der Waals surface area (Å²) in [6.45, 7) is 0.0301. The van der Waals surface area contributed by atoms with E-state index in [2.05, 4.69) is 21.2 Å². The van der Waals surface area contributed by atoms with Gasteiger partial charge in [-0.2, -0.15) is 0 Å². The number of rotatable bonds is 4. The highest BCUT2D eigenvalue weighted by Crippen LogP contribution is 2.33. The van der Waals surface area contributed by atoms with Crippen LogP contribution in [0.15, 0.2) is 46.6 Å². The van der Waals surface area contributed by atoms with Crippen LogP contribution in [0.2, 0.25) is 0 Å². The normalized spacial score (nSPS) is 15.5. The molecule has 0 saturated carbocycles. The number of ether oxygens (including phenoxy) is 1. The molecule has 1 heterocycles. The average Bonchev–Trinajstić information content (AvgIpc) is 2.86. The lowest BCUT2D eigenvalue weighted by Gasteiger charge is -2.11. The van der Waals surface area contributed by atoms with E-state index in [1.54, 1.807) is 0 Å². The third-order valence-electron chi connectivity index (χ3n) is 3.81. The molecule has 26 heavy (non-hydrogen) atoms. The molecule has 6 nitrogen and oxygen atoms in total. The average molecular weight is 421 g/mol. The Morgan fingerprint density at radius 3 is 2.62 bits per heavy atom. The molecule has 1 aliphatic rings. The zero-order chi connectivity index (χ0) is 18.8. The highest BCUT2D eigenvalue weighted by molar-refractivity contribution is 9.10. The van der Waals surface area contributed by atoms with Crippen molar-refractivity contribution < 1.29 is 23.8 Å². The molecule has 0 atom stereocenters. The number of halogens is 2. The maximum Gasteiger partial charge on any atom is 0.329 e. The van der Waals surface area contributed by atoms with E-state index in [0.717, 1.165) is 4.90 Å². The second-order valence-corrected chi connectivity index (χ2v) is 6.41. The molecule has 0 radical (unpaired) electrons. The van der Waals surface area contributed by atoms with Crippen molar-refractivity contribution >= 4 is 33.9 Å². The first-order valence-corrected chi connectivity index (χ1v) is 8.34. The van der Waals surface area contributed by atoms with Gasteiger partial charge in [0.25, 0.3) is 5.91 Å². The number of amides is 3. The topological polar surface area (TPSA) is 78.9 Å². The number of aromatic hydroxyl groups is 1. The second-order valence-electron chi connectivity index (χ2n) is 5.55. The van der Waals surface area contributed by atoms with Gasteiger partial charge in [-0.15, -0.1) is 0 Å². The molecule has 1 fully saturated rings. The fourth-order valence-corrected chi connectivity index (χ4v) is 2.92. The van der Waals surface area contributed by atoms with Crippen LogP contribution >= 0.6 is 15.9 Å². The maximum atomic E-state index is 13.0. The van der Waals surface area contributed by atoms with Gasteiger partial charge in [-0.3, -0.25) is 9.69 Å². The smallest absolute Gasteiger partial charge is 0.329 e. The molecular weight excluding hydrogens is 407 g/mol. The minimum atomic E-state index is -0.563. The Morgan fingerprint density at radius 2 is 1.96 bits per heavy atom. The quantitative estimate of drug-likeness (QED) is 0.586. The third kappa shape index (κ3) is 3.55. The van der Waals surface area contributed by atoms with Crippen LogP contribution in [0.3, 0.4) is 0 Å². The number of urea groups is 1. The Morgan fingerprint density at radius 1 is 1.27 bits per heavy atom. The van der Waals surface area contributed by atoms with E-state index in [0.29, 0.717) is 15.6 Å². The number of hydrogen-bond acceptors (Lipinski definition) is 4. The zero-order valence-electron chi connectivity index (χ0n) is 13.6. The van der Waals surface area contributed by atoms with E-state index in [4.69, 9.17) is 4.74 Å². The van der Waals surface area contributed by atoms with Gasteiger partial charge in [0.1, 0.15) is 11.5 Å². The number of phenolic OH excluding ortho intramolecular Hbond substituents is 1. The summed E-state index contributed by atoms with van der Waals surface area (Å²) in [6, 6.07) is 7.97. The minimum absolute atomic E-state index is 0.0301. The number of imide groups is 1. The number of hydrogen-bond donors (Lipinski definition) is 2. The van der Waals surface area contributed by atoms with E-state index in [1.165, 1.54) is 49.6 Å². The lowest BCUT2D eigenvalue weighted by Crippen LogP contribution is -2.30. The van der Waals surface area contributed by atoms with Gasteiger partial charge in [0.2, 0.25) is 0 Å². The molecular formula is C18H14BrFN2O4. The number of benzene rings is 2. The molecule has 0 aliphatic carbocycles. The molecule has 3 amide bonds. The molecule has 0 aromatic heterocycles. The van der Waals surface area contributed by atoms with E-state index >= 15 is 0 Å². The van der Waals surface area contributed by atoms with Crippen LogP contribution in [0.1, 0.15) is 11.1 Å². The Kier molecular flexibility index (Phi) is 4.94. The largest absolute Gasteiger partial charge is 0.504 e. The molecule has 0 spiro atoms. The maximum absolute atomic E-state index is 13.0. The van der Waals surface area contributed by atoms with Gasteiger partial charge >= 0.3 is 6.03 Å². The van der Waals surface area contributed by atoms with Crippen molar-refractivity contribution in [2.24, 2.45) is 0 Å². The fraction of sp³-hybridized carbons (Fsp3) is 0.111. The summed E-state index contributed by atoms with van der Waals surface area (Å²) in [4.78, 5) is 25.7. The number of methoxy groups -OCH3 is 1. The molecule has 0 unspecified atom stereocenters. The summed E-state index contributed by atoms with van der Waals surface area (Å²) >= 11 is 3.30. The SMILES string of the molecule is COc1cc(C=C2NC(=O)N(Cc3ccc(F)cc3)C2=O)c(Br)cc1O. The molecule has 2 aromatic carbocycles. The number of nitrogens with zero attached hydrogens (tertiary/aromatic N) is 1. The molecule has 8 heteroatoms. The summed E-state index contributed by atoms with van der Waals surface area (Å²) in [5.74, 6) is -0.711. The Hall–Kier alpha value is -2.87. The van der Waals surface area contributed by atoms with Gasteiger partial charge < -0.3 is 15.2 Å². The highest BCUT2D eigenvalue weighted by Gasteiger charge is 2.33. The summed E-state index contributed by atoms with van der Waals surface area (Å²) in [7, 11) is 1.41. The monoisotopic (exact) mass is 420 g/mol. The zero-order valence-corrected chi connectivity index (χ0v) is 15.2. The lowest BCUT2D eigenvalue weighted by molar-refractivity contribution is -0.123. The molecule has 2 N–H and O–H groups in total. The summed E-state index contributed by atoms with van der Waals surface area (Å²) in [6.07, 6.45) is 1.48. The van der Waals surface area contributed by atoms with Gasteiger partial charge in [0, 0.05) is 4.47 Å². The Balaban J connectivity index is 1.86. The van der Waals surface area contributed by atoms with Gasteiger partial charge in [0.15, 0.2) is 11.5 Å². The van der Waals surface area contributed by atoms with E-state index in [1.807, 2.05) is 0 Å². The summed E-state index contributed by atoms with van der Waals surface area (Å²) < 4.78 is 18.6. The first-order valence-electron chi connectivity index (χ1n) is 7.54. The van der Waals surface area contributed by atoms with Crippen molar-refractivity contribution in [3.05, 3.63) is 63.5 Å². The third-order valence-corrected chi connectivity index (χ3v) is 4.50.